The predicted octanol–water partition coefficient (Wildman–Crippen LogP) is 0.416. The molecule has 5 nitrogen and oxygen atoms in total. The molecule has 1 aromatic carbocycles. The van der Waals surface area contributed by atoms with Crippen molar-refractivity contribution < 1.29 is 13.2 Å². The number of hydrogen-bond donors (Lipinski definition) is 2. The van der Waals surface area contributed by atoms with Crippen molar-refractivity contribution >= 4 is 15.7 Å². The maximum absolute atomic E-state index is 11.7. The van der Waals surface area contributed by atoms with Gasteiger partial charge in [-0.2, -0.15) is 0 Å². The number of hydrogen-bond acceptors (Lipinski definition) is 4. The highest BCUT2D eigenvalue weighted by atomic mass is 32.2. The van der Waals surface area contributed by atoms with Crippen molar-refractivity contribution in [3.8, 4) is 0 Å². The Hall–Kier alpha value is -1.40. The maximum atomic E-state index is 11.7. The molecule has 1 atom stereocenters. The van der Waals surface area contributed by atoms with Crippen molar-refractivity contribution in [2.45, 2.75) is 25.8 Å². The van der Waals surface area contributed by atoms with Gasteiger partial charge < -0.3 is 11.1 Å². The van der Waals surface area contributed by atoms with Gasteiger partial charge in [0.1, 0.15) is 9.84 Å². The first kappa shape index (κ1) is 16.7. The minimum atomic E-state index is -3.08. The Morgan fingerprint density at radius 2 is 2.00 bits per heavy atom. The average Bonchev–Trinajstić information content (AvgIpc) is 2.37. The number of benzene rings is 1. The molecule has 0 aromatic heterocycles. The zero-order valence-electron chi connectivity index (χ0n) is 11.9. The van der Waals surface area contributed by atoms with Gasteiger partial charge in [0.25, 0.3) is 0 Å². The van der Waals surface area contributed by atoms with Gasteiger partial charge in [-0.25, -0.2) is 8.42 Å². The Morgan fingerprint density at radius 1 is 1.35 bits per heavy atom. The Labute approximate surface area is 120 Å². The van der Waals surface area contributed by atoms with E-state index >= 15 is 0 Å². The number of sulfone groups is 1. The predicted molar refractivity (Wildman–Crippen MR) is 80.2 cm³/mol. The highest BCUT2D eigenvalue weighted by Gasteiger charge is 2.15. The number of carbonyl (C=O) groups excluding carboxylic acids is 1. The summed E-state index contributed by atoms with van der Waals surface area (Å²) >= 11 is 0. The van der Waals surface area contributed by atoms with Crippen LogP contribution in [0, 0.1) is 6.92 Å². The van der Waals surface area contributed by atoms with Gasteiger partial charge >= 0.3 is 0 Å². The first-order valence-electron chi connectivity index (χ1n) is 6.55. The lowest BCUT2D eigenvalue weighted by Crippen LogP contribution is -2.42. The molecule has 0 aliphatic rings. The average molecular weight is 298 g/mol. The molecular weight excluding hydrogens is 276 g/mol. The van der Waals surface area contributed by atoms with E-state index in [1.807, 2.05) is 31.2 Å². The van der Waals surface area contributed by atoms with Crippen molar-refractivity contribution in [3.63, 3.8) is 0 Å². The summed E-state index contributed by atoms with van der Waals surface area (Å²) in [6.07, 6.45) is 2.02. The van der Waals surface area contributed by atoms with E-state index in [2.05, 4.69) is 5.32 Å². The topological polar surface area (TPSA) is 89.3 Å². The van der Waals surface area contributed by atoms with Crippen molar-refractivity contribution in [3.05, 3.63) is 35.4 Å². The quantitative estimate of drug-likeness (QED) is 0.763. The molecule has 0 heterocycles. The van der Waals surface area contributed by atoms with Crippen molar-refractivity contribution in [1.82, 2.24) is 5.32 Å². The number of rotatable bonds is 7. The largest absolute Gasteiger partial charge is 0.354 e. The van der Waals surface area contributed by atoms with Crippen LogP contribution in [-0.4, -0.2) is 38.9 Å². The van der Waals surface area contributed by atoms with E-state index in [1.165, 1.54) is 11.1 Å². The Kier molecular flexibility index (Phi) is 6.16. The minimum absolute atomic E-state index is 0.0701. The van der Waals surface area contributed by atoms with Gasteiger partial charge in [0, 0.05) is 12.8 Å². The lowest BCUT2D eigenvalue weighted by molar-refractivity contribution is -0.122. The van der Waals surface area contributed by atoms with Gasteiger partial charge in [0.2, 0.25) is 5.91 Å². The molecule has 20 heavy (non-hydrogen) atoms. The van der Waals surface area contributed by atoms with Crippen LogP contribution >= 0.6 is 0 Å². The number of nitrogens with two attached hydrogens (primary N) is 1. The molecule has 0 saturated heterocycles. The summed E-state index contributed by atoms with van der Waals surface area (Å²) in [7, 11) is -3.08. The van der Waals surface area contributed by atoms with Crippen LogP contribution < -0.4 is 11.1 Å². The van der Waals surface area contributed by atoms with Gasteiger partial charge in [-0.05, 0) is 30.9 Å². The molecule has 112 valence electrons. The molecule has 3 N–H and O–H groups in total. The van der Waals surface area contributed by atoms with Crippen molar-refractivity contribution in [2.75, 3.05) is 18.6 Å². The molecule has 0 fully saturated rings. The van der Waals surface area contributed by atoms with Gasteiger partial charge in [-0.1, -0.05) is 24.3 Å². The van der Waals surface area contributed by atoms with E-state index < -0.39 is 15.9 Å². The van der Waals surface area contributed by atoms with Crippen LogP contribution in [0.3, 0.4) is 0 Å². The highest BCUT2D eigenvalue weighted by Crippen LogP contribution is 2.06. The summed E-state index contributed by atoms with van der Waals surface area (Å²) in [5, 5.41) is 2.74. The molecule has 0 radical (unpaired) electrons. The lowest BCUT2D eigenvalue weighted by Gasteiger charge is -2.12. The number of amides is 1. The third-order valence-corrected chi connectivity index (χ3v) is 4.07. The fourth-order valence-corrected chi connectivity index (χ4v) is 2.50. The second kappa shape index (κ2) is 7.40. The number of carbonyl (C=O) groups is 1. The van der Waals surface area contributed by atoms with Gasteiger partial charge in [0.15, 0.2) is 0 Å². The van der Waals surface area contributed by atoms with Crippen LogP contribution in [-0.2, 0) is 21.1 Å². The summed E-state index contributed by atoms with van der Waals surface area (Å²) < 4.78 is 22.0. The molecule has 1 rings (SSSR count). The summed E-state index contributed by atoms with van der Waals surface area (Å²) in [5.41, 5.74) is 8.02. The Balaban J connectivity index is 2.35. The molecule has 6 heteroatoms. The molecule has 1 amide bonds. The first-order chi connectivity index (χ1) is 9.29. The zero-order chi connectivity index (χ0) is 15.2. The Morgan fingerprint density at radius 3 is 2.60 bits per heavy atom. The zero-order valence-corrected chi connectivity index (χ0v) is 12.7. The molecule has 0 aliphatic carbocycles. The molecular formula is C14H22N2O3S. The lowest BCUT2D eigenvalue weighted by atomic mass is 10.1. The third-order valence-electron chi connectivity index (χ3n) is 3.09. The minimum Gasteiger partial charge on any atom is -0.354 e. The normalized spacial score (nSPS) is 12.9. The third kappa shape index (κ3) is 6.16. The SMILES string of the molecule is Cc1ccccc1CCNC(=O)C(N)CCS(C)(=O)=O. The second-order valence-electron chi connectivity index (χ2n) is 4.99. The molecule has 0 saturated carbocycles. The van der Waals surface area contributed by atoms with Crippen LogP contribution in [0.4, 0.5) is 0 Å². The summed E-state index contributed by atoms with van der Waals surface area (Å²) in [4.78, 5) is 11.7. The summed E-state index contributed by atoms with van der Waals surface area (Å²) in [5.74, 6) is -0.374. The summed E-state index contributed by atoms with van der Waals surface area (Å²) in [6, 6.07) is 7.20. The fourth-order valence-electron chi connectivity index (χ4n) is 1.81. The standard InChI is InChI=1S/C14H22N2O3S/c1-11-5-3-4-6-12(11)7-9-16-14(17)13(15)8-10-20(2,18)19/h3-6,13H,7-10,15H2,1-2H3,(H,16,17). The van der Waals surface area contributed by atoms with E-state index in [-0.39, 0.29) is 18.1 Å². The second-order valence-corrected chi connectivity index (χ2v) is 7.25. The highest BCUT2D eigenvalue weighted by molar-refractivity contribution is 7.90. The van der Waals surface area contributed by atoms with E-state index in [0.717, 1.165) is 12.7 Å². The van der Waals surface area contributed by atoms with E-state index in [9.17, 15) is 13.2 Å². The monoisotopic (exact) mass is 298 g/mol. The smallest absolute Gasteiger partial charge is 0.236 e. The van der Waals surface area contributed by atoms with Crippen LogP contribution in [0.2, 0.25) is 0 Å². The molecule has 0 bridgehead atoms. The first-order valence-corrected chi connectivity index (χ1v) is 8.61. The summed E-state index contributed by atoms with van der Waals surface area (Å²) in [6.45, 7) is 2.52. The van der Waals surface area contributed by atoms with E-state index in [1.54, 1.807) is 0 Å². The maximum Gasteiger partial charge on any atom is 0.236 e. The molecule has 1 aromatic rings. The van der Waals surface area contributed by atoms with Crippen molar-refractivity contribution in [2.24, 2.45) is 5.73 Å². The molecule has 0 aliphatic heterocycles. The van der Waals surface area contributed by atoms with Gasteiger partial charge in [0.05, 0.1) is 11.8 Å². The van der Waals surface area contributed by atoms with E-state index in [4.69, 9.17) is 5.73 Å². The van der Waals surface area contributed by atoms with Gasteiger partial charge in [-0.3, -0.25) is 4.79 Å². The molecule has 1 unspecified atom stereocenters. The fraction of sp³-hybridized carbons (Fsp3) is 0.500. The van der Waals surface area contributed by atoms with Crippen LogP contribution in [0.1, 0.15) is 17.5 Å². The van der Waals surface area contributed by atoms with Gasteiger partial charge in [-0.15, -0.1) is 0 Å². The number of nitrogens with one attached hydrogen (secondary N) is 1. The van der Waals surface area contributed by atoms with Crippen LogP contribution in [0.15, 0.2) is 24.3 Å². The van der Waals surface area contributed by atoms with Crippen molar-refractivity contribution in [1.29, 1.82) is 0 Å². The number of aryl methyl sites for hydroxylation is 1. The molecule has 0 spiro atoms. The van der Waals surface area contributed by atoms with Crippen LogP contribution in [0.25, 0.3) is 0 Å². The van der Waals surface area contributed by atoms with Crippen LogP contribution in [0.5, 0.6) is 0 Å². The Bertz CT molecular complexity index is 555. The van der Waals surface area contributed by atoms with E-state index in [0.29, 0.717) is 6.54 Å².